The van der Waals surface area contributed by atoms with Gasteiger partial charge in [0.2, 0.25) is 21.8 Å². The molecule has 0 aromatic heterocycles. The lowest BCUT2D eigenvalue weighted by atomic mass is 10.0. The first-order valence-corrected chi connectivity index (χ1v) is 15.4. The molecule has 0 bridgehead atoms. The Morgan fingerprint density at radius 2 is 1.59 bits per heavy atom. The number of methoxy groups -OCH3 is 1. The van der Waals surface area contributed by atoms with Gasteiger partial charge in [-0.25, -0.2) is 8.42 Å². The molecule has 1 fully saturated rings. The Balaban J connectivity index is 1.67. The number of carbonyl (C=O) groups excluding carboxylic acids is 2. The molecule has 2 amide bonds. The molecule has 10 heteroatoms. The number of hydrogen-bond acceptors (Lipinski definition) is 6. The lowest BCUT2D eigenvalue weighted by Crippen LogP contribution is -2.48. The number of benzene rings is 3. The zero-order valence-corrected chi connectivity index (χ0v) is 24.3. The molecule has 0 spiro atoms. The van der Waals surface area contributed by atoms with E-state index in [-0.39, 0.29) is 25.1 Å². The Morgan fingerprint density at radius 3 is 2.17 bits per heavy atom. The van der Waals surface area contributed by atoms with Gasteiger partial charge in [-0.05, 0) is 41.7 Å². The Morgan fingerprint density at radius 1 is 0.951 bits per heavy atom. The summed E-state index contributed by atoms with van der Waals surface area (Å²) >= 11 is 0. The number of ether oxygens (including phenoxy) is 2. The van der Waals surface area contributed by atoms with Gasteiger partial charge in [0.15, 0.2) is 0 Å². The minimum absolute atomic E-state index is 0.0308. The fourth-order valence-electron chi connectivity index (χ4n) is 4.79. The maximum Gasteiger partial charge on any atom is 0.247 e. The van der Waals surface area contributed by atoms with Gasteiger partial charge in [0.05, 0.1) is 26.0 Å². The van der Waals surface area contributed by atoms with E-state index in [1.165, 1.54) is 4.90 Å². The summed E-state index contributed by atoms with van der Waals surface area (Å²) in [6, 6.07) is 24.4. The van der Waals surface area contributed by atoms with Crippen molar-refractivity contribution in [1.82, 2.24) is 14.5 Å². The lowest BCUT2D eigenvalue weighted by Gasteiger charge is -2.33. The van der Waals surface area contributed by atoms with Crippen molar-refractivity contribution in [1.29, 1.82) is 0 Å². The van der Waals surface area contributed by atoms with Crippen LogP contribution in [0.5, 0.6) is 5.75 Å². The van der Waals surface area contributed by atoms with Crippen molar-refractivity contribution in [2.45, 2.75) is 38.1 Å². The van der Waals surface area contributed by atoms with Crippen molar-refractivity contribution in [2.75, 3.05) is 33.1 Å². The molecule has 9 nitrogen and oxygen atoms in total. The van der Waals surface area contributed by atoms with Crippen LogP contribution in [0.4, 0.5) is 0 Å². The number of amides is 2. The molecule has 1 aliphatic heterocycles. The van der Waals surface area contributed by atoms with E-state index in [1.807, 2.05) is 60.7 Å². The third-order valence-electron chi connectivity index (χ3n) is 7.02. The second-order valence-electron chi connectivity index (χ2n) is 10.1. The molecule has 0 saturated carbocycles. The van der Waals surface area contributed by atoms with Crippen LogP contribution < -0.4 is 10.1 Å². The summed E-state index contributed by atoms with van der Waals surface area (Å²) in [5.74, 6) is -0.197. The standard InChI is InChI=1S/C31H37N3O6S/c1-39-27-17-15-25(16-18-27)22-34(29(35)23-33(41(2,37)38)21-24-10-5-3-6-11-24)30(26-12-7-4-8-13-26)31(36)32-20-28-14-9-19-40-28/h3-8,10-13,15-18,28,30H,9,14,19-23H2,1-2H3,(H,32,36)/t28-,30-/m0/s1. The summed E-state index contributed by atoms with van der Waals surface area (Å²) in [4.78, 5) is 29.3. The summed E-state index contributed by atoms with van der Waals surface area (Å²) in [6.45, 7) is 0.678. The van der Waals surface area contributed by atoms with E-state index in [1.54, 1.807) is 31.4 Å². The highest BCUT2D eigenvalue weighted by molar-refractivity contribution is 7.88. The smallest absolute Gasteiger partial charge is 0.247 e. The average Bonchev–Trinajstić information content (AvgIpc) is 3.50. The van der Waals surface area contributed by atoms with E-state index in [4.69, 9.17) is 9.47 Å². The van der Waals surface area contributed by atoms with E-state index >= 15 is 0 Å². The highest BCUT2D eigenvalue weighted by Crippen LogP contribution is 2.26. The maximum absolute atomic E-state index is 14.1. The van der Waals surface area contributed by atoms with Crippen LogP contribution in [-0.2, 0) is 37.4 Å². The molecule has 4 rings (SSSR count). The Bertz CT molecular complexity index is 1380. The zero-order chi connectivity index (χ0) is 29.2. The van der Waals surface area contributed by atoms with Gasteiger partial charge in [-0.3, -0.25) is 9.59 Å². The Hall–Kier alpha value is -3.73. The number of sulfonamides is 1. The fourth-order valence-corrected chi connectivity index (χ4v) is 5.52. The van der Waals surface area contributed by atoms with Crippen LogP contribution in [0.3, 0.4) is 0 Å². The van der Waals surface area contributed by atoms with Crippen molar-refractivity contribution < 1.29 is 27.5 Å². The molecular weight excluding hydrogens is 542 g/mol. The van der Waals surface area contributed by atoms with Crippen molar-refractivity contribution in [3.05, 3.63) is 102 Å². The molecular formula is C31H37N3O6S. The molecule has 218 valence electrons. The second kappa shape index (κ2) is 14.2. The summed E-state index contributed by atoms with van der Waals surface area (Å²) in [5, 5.41) is 2.98. The number of hydrogen-bond donors (Lipinski definition) is 1. The molecule has 3 aromatic carbocycles. The predicted octanol–water partition coefficient (Wildman–Crippen LogP) is 3.52. The predicted molar refractivity (Wildman–Crippen MR) is 156 cm³/mol. The minimum Gasteiger partial charge on any atom is -0.497 e. The lowest BCUT2D eigenvalue weighted by molar-refractivity contribution is -0.142. The average molecular weight is 580 g/mol. The molecule has 41 heavy (non-hydrogen) atoms. The third-order valence-corrected chi connectivity index (χ3v) is 8.21. The van der Waals surface area contributed by atoms with E-state index in [2.05, 4.69) is 5.32 Å². The minimum atomic E-state index is -3.75. The SMILES string of the molecule is COc1ccc(CN(C(=O)CN(Cc2ccccc2)S(C)(=O)=O)[C@H](C(=O)NC[C@@H]2CCCO2)c2ccccc2)cc1. The second-order valence-corrected chi connectivity index (χ2v) is 12.1. The van der Waals surface area contributed by atoms with Crippen LogP contribution in [-0.4, -0.2) is 68.6 Å². The first kappa shape index (κ1) is 30.2. The summed E-state index contributed by atoms with van der Waals surface area (Å²) in [7, 11) is -2.18. The molecule has 0 radical (unpaired) electrons. The van der Waals surface area contributed by atoms with Crippen LogP contribution in [0.15, 0.2) is 84.9 Å². The largest absolute Gasteiger partial charge is 0.497 e. The number of nitrogens with one attached hydrogen (secondary N) is 1. The number of carbonyl (C=O) groups is 2. The number of rotatable bonds is 13. The molecule has 1 heterocycles. The van der Waals surface area contributed by atoms with Gasteiger partial charge in [0, 0.05) is 26.2 Å². The van der Waals surface area contributed by atoms with Crippen molar-refractivity contribution in [3.63, 3.8) is 0 Å². The van der Waals surface area contributed by atoms with Crippen molar-refractivity contribution >= 4 is 21.8 Å². The van der Waals surface area contributed by atoms with E-state index in [0.717, 1.165) is 34.5 Å². The Labute approximate surface area is 242 Å². The van der Waals surface area contributed by atoms with Crippen molar-refractivity contribution in [3.8, 4) is 5.75 Å². The molecule has 2 atom stereocenters. The van der Waals surface area contributed by atoms with Gasteiger partial charge < -0.3 is 19.7 Å². The molecule has 0 unspecified atom stereocenters. The topological polar surface area (TPSA) is 105 Å². The molecule has 1 N–H and O–H groups in total. The first-order chi connectivity index (χ1) is 19.7. The number of nitrogens with zero attached hydrogens (tertiary/aromatic N) is 2. The van der Waals surface area contributed by atoms with Crippen LogP contribution in [0.2, 0.25) is 0 Å². The maximum atomic E-state index is 14.1. The van der Waals surface area contributed by atoms with Gasteiger partial charge in [-0.1, -0.05) is 72.8 Å². The normalized spacial score (nSPS) is 15.8. The first-order valence-electron chi connectivity index (χ1n) is 13.6. The van der Waals surface area contributed by atoms with Gasteiger partial charge in [-0.2, -0.15) is 4.31 Å². The summed E-state index contributed by atoms with van der Waals surface area (Å²) in [5.41, 5.74) is 2.13. The van der Waals surface area contributed by atoms with Crippen molar-refractivity contribution in [2.24, 2.45) is 0 Å². The molecule has 1 aliphatic rings. The highest BCUT2D eigenvalue weighted by atomic mass is 32.2. The van der Waals surface area contributed by atoms with Crippen LogP contribution in [0.25, 0.3) is 0 Å². The van der Waals surface area contributed by atoms with Gasteiger partial charge in [-0.15, -0.1) is 0 Å². The van der Waals surface area contributed by atoms with E-state index < -0.39 is 28.5 Å². The van der Waals surface area contributed by atoms with Crippen LogP contribution in [0.1, 0.15) is 35.6 Å². The third kappa shape index (κ3) is 8.63. The quantitative estimate of drug-likeness (QED) is 0.332. The molecule has 0 aliphatic carbocycles. The highest BCUT2D eigenvalue weighted by Gasteiger charge is 2.34. The van der Waals surface area contributed by atoms with E-state index in [0.29, 0.717) is 24.5 Å². The zero-order valence-electron chi connectivity index (χ0n) is 23.4. The molecule has 3 aromatic rings. The summed E-state index contributed by atoms with van der Waals surface area (Å²) in [6.07, 6.45) is 2.80. The van der Waals surface area contributed by atoms with Gasteiger partial charge >= 0.3 is 0 Å². The van der Waals surface area contributed by atoms with E-state index in [9.17, 15) is 18.0 Å². The van der Waals surface area contributed by atoms with Crippen LogP contribution >= 0.6 is 0 Å². The summed E-state index contributed by atoms with van der Waals surface area (Å²) < 4.78 is 37.7. The van der Waals surface area contributed by atoms with Crippen LogP contribution in [0, 0.1) is 0 Å². The monoisotopic (exact) mass is 579 g/mol. The van der Waals surface area contributed by atoms with Gasteiger partial charge in [0.25, 0.3) is 0 Å². The fraction of sp³-hybridized carbons (Fsp3) is 0.355. The van der Waals surface area contributed by atoms with Gasteiger partial charge in [0.1, 0.15) is 11.8 Å². The molecule has 1 saturated heterocycles. The Kier molecular flexibility index (Phi) is 10.5.